The van der Waals surface area contributed by atoms with E-state index >= 15 is 0 Å². The molecule has 0 aliphatic rings. The Kier molecular flexibility index (Phi) is 12.5. The van der Waals surface area contributed by atoms with Gasteiger partial charge >= 0.3 is 12.7 Å². The lowest BCUT2D eigenvalue weighted by atomic mass is 10.4. The minimum atomic E-state index is -2.89. The molecule has 0 rings (SSSR count). The average molecular weight is 420 g/mol. The Labute approximate surface area is 156 Å². The molecule has 1 unspecified atom stereocenters. The fourth-order valence-corrected chi connectivity index (χ4v) is 7.16. The van der Waals surface area contributed by atoms with Crippen LogP contribution >= 0.6 is 18.4 Å². The van der Waals surface area contributed by atoms with E-state index in [-0.39, 0.29) is 11.9 Å². The van der Waals surface area contributed by atoms with Gasteiger partial charge in [-0.2, -0.15) is 0 Å². The molecule has 0 aromatic heterocycles. The van der Waals surface area contributed by atoms with Gasteiger partial charge < -0.3 is 13.6 Å². The number of thioether (sulfide) groups is 1. The fourth-order valence-electron chi connectivity index (χ4n) is 1.47. The average Bonchev–Trinajstić information content (AvgIpc) is 2.50. The highest BCUT2D eigenvalue weighted by molar-refractivity contribution is 8.13. The number of nitrogens with zero attached hydrogens (tertiary/aromatic N) is 2. The number of amides is 1. The molecule has 0 saturated heterocycles. The fraction of sp³-hybridized carbons (Fsp3) is 0.833. The summed E-state index contributed by atoms with van der Waals surface area (Å²) in [6.07, 6.45) is 1.02. The summed E-state index contributed by atoms with van der Waals surface area (Å²) in [6.45, 7) is 6.76. The van der Waals surface area contributed by atoms with Gasteiger partial charge in [-0.15, -0.1) is 11.8 Å². The van der Waals surface area contributed by atoms with Gasteiger partial charge in [0.2, 0.25) is 5.88 Å². The third kappa shape index (κ3) is 8.48. The number of carbonyl (C=O) groups is 1. The predicted octanol–water partition coefficient (Wildman–Crippen LogP) is 3.04. The summed E-state index contributed by atoms with van der Waals surface area (Å²) in [5, 5.41) is 6.59. The van der Waals surface area contributed by atoms with Gasteiger partial charge in [-0.1, -0.05) is 5.16 Å². The lowest BCUT2D eigenvalue weighted by molar-refractivity contribution is 0.152. The van der Waals surface area contributed by atoms with Crippen LogP contribution in [-0.4, -0.2) is 51.2 Å². The number of hydrogen-bond donors (Lipinski definition) is 1. The first kappa shape index (κ1) is 24.1. The monoisotopic (exact) mass is 419 g/mol. The third-order valence-corrected chi connectivity index (χ3v) is 9.04. The van der Waals surface area contributed by atoms with Crippen LogP contribution in [0.4, 0.5) is 4.79 Å². The zero-order chi connectivity index (χ0) is 18.8. The predicted molar refractivity (Wildman–Crippen MR) is 104 cm³/mol. The van der Waals surface area contributed by atoms with E-state index in [2.05, 4.69) is 15.3 Å². The molecule has 0 heterocycles. The summed E-state index contributed by atoms with van der Waals surface area (Å²) < 4.78 is 25.3. The first-order valence-corrected chi connectivity index (χ1v) is 12.4. The molecule has 0 aromatic rings. The number of carbonyl (C=O) groups excluding carboxylic acids is 1. The minimum absolute atomic E-state index is 0.177. The van der Waals surface area contributed by atoms with Gasteiger partial charge in [-0.05, 0) is 56.8 Å². The van der Waals surface area contributed by atoms with Crippen molar-refractivity contribution in [2.24, 2.45) is 5.16 Å². The second-order valence-corrected chi connectivity index (χ2v) is 10.4. The largest absolute Gasteiger partial charge is 0.596 e. The highest BCUT2D eigenvalue weighted by Crippen LogP contribution is 2.55. The van der Waals surface area contributed by atoms with E-state index in [1.165, 1.54) is 15.8 Å². The number of oxime groups is 1. The first-order chi connectivity index (χ1) is 11.2. The van der Waals surface area contributed by atoms with Crippen LogP contribution in [0.3, 0.4) is 0 Å². The van der Waals surface area contributed by atoms with Crippen molar-refractivity contribution in [3.05, 3.63) is 0 Å². The highest BCUT2D eigenvalue weighted by Gasteiger charge is 2.40. The van der Waals surface area contributed by atoms with Gasteiger partial charge in [0.1, 0.15) is 5.04 Å². The van der Waals surface area contributed by atoms with Crippen LogP contribution in [0.1, 0.15) is 34.6 Å². The Morgan fingerprint density at radius 3 is 2.38 bits per heavy atom. The van der Waals surface area contributed by atoms with Crippen LogP contribution in [0.15, 0.2) is 5.16 Å². The van der Waals surface area contributed by atoms with Crippen LogP contribution in [0, 0.1) is 0 Å². The van der Waals surface area contributed by atoms with Gasteiger partial charge in [-0.3, -0.25) is 10.2 Å². The second-order valence-electron chi connectivity index (χ2n) is 4.54. The minimum Gasteiger partial charge on any atom is -0.596 e. The van der Waals surface area contributed by atoms with Crippen molar-refractivity contribution in [2.75, 3.05) is 25.3 Å². The Balaban J connectivity index is 4.89. The van der Waals surface area contributed by atoms with E-state index in [0.29, 0.717) is 18.3 Å². The molecule has 0 aromatic carbocycles. The first-order valence-electron chi connectivity index (χ1n) is 7.32. The van der Waals surface area contributed by atoms with Crippen LogP contribution < -0.4 is 5.32 Å². The van der Waals surface area contributed by atoms with E-state index in [4.69, 9.17) is 20.9 Å². The third-order valence-electron chi connectivity index (χ3n) is 2.37. The van der Waals surface area contributed by atoms with Gasteiger partial charge in [0.25, 0.3) is 0 Å². The molecule has 0 fully saturated rings. The Hall–Kier alpha value is 0.130. The molecular weight excluding hydrogens is 393 g/mol. The molecule has 1 amide bonds. The maximum atomic E-state index is 12.6. The lowest BCUT2D eigenvalue weighted by Gasteiger charge is -2.34. The zero-order valence-electron chi connectivity index (χ0n) is 14.8. The molecule has 0 radical (unpaired) electrons. The molecule has 0 spiro atoms. The maximum Gasteiger partial charge on any atom is 0.437 e. The summed E-state index contributed by atoms with van der Waals surface area (Å²) in [5.41, 5.74) is 0. The maximum absolute atomic E-state index is 12.6. The van der Waals surface area contributed by atoms with Crippen molar-refractivity contribution >= 4 is 52.7 Å². The number of hydrogen-bond acceptors (Lipinski definition) is 8. The quantitative estimate of drug-likeness (QED) is 0.144. The van der Waals surface area contributed by atoms with E-state index in [1.807, 2.05) is 20.1 Å². The van der Waals surface area contributed by atoms with Crippen LogP contribution in [0.2, 0.25) is 0 Å². The van der Waals surface area contributed by atoms with E-state index < -0.39 is 24.1 Å². The molecule has 142 valence electrons. The zero-order valence-corrected chi connectivity index (χ0v) is 18.2. The molecule has 12 heteroatoms. The molecule has 0 aliphatic carbocycles. The van der Waals surface area contributed by atoms with Gasteiger partial charge in [0.05, 0.1) is 30.6 Å². The van der Waals surface area contributed by atoms with E-state index in [1.54, 1.807) is 20.8 Å². The van der Waals surface area contributed by atoms with Crippen LogP contribution in [0.25, 0.3) is 0 Å². The van der Waals surface area contributed by atoms with Gasteiger partial charge in [0, 0.05) is 0 Å². The van der Waals surface area contributed by atoms with Gasteiger partial charge in [0.15, 0.2) is 0 Å². The smallest absolute Gasteiger partial charge is 0.437 e. The lowest BCUT2D eigenvalue weighted by Crippen LogP contribution is -2.42. The van der Waals surface area contributed by atoms with E-state index in [0.717, 1.165) is 0 Å². The standard InChI is InChI=1S/C12H26N3O5PS3/c1-7-18-21(22,19-8-2)15(10(3)4)24(17)9-13-12(16)20-14-11(5)23-6/h10H,7-9H2,1-6H3,(H,13,16)/b14-11+. The summed E-state index contributed by atoms with van der Waals surface area (Å²) in [7, 11) is 0. The molecule has 0 aliphatic heterocycles. The normalized spacial score (nSPS) is 14.1. The molecule has 8 nitrogen and oxygen atoms in total. The van der Waals surface area contributed by atoms with Crippen molar-refractivity contribution < 1.29 is 23.2 Å². The highest BCUT2D eigenvalue weighted by atomic mass is 32.5. The van der Waals surface area contributed by atoms with Gasteiger partial charge in [-0.25, -0.2) is 4.79 Å². The molecule has 24 heavy (non-hydrogen) atoms. The van der Waals surface area contributed by atoms with Crippen LogP contribution in [-0.2, 0) is 37.1 Å². The van der Waals surface area contributed by atoms with Crippen molar-refractivity contribution in [2.45, 2.75) is 40.7 Å². The Bertz CT molecular complexity index is 457. The summed E-state index contributed by atoms with van der Waals surface area (Å²) >= 11 is 5.20. The molecule has 1 atom stereocenters. The Morgan fingerprint density at radius 2 is 1.96 bits per heavy atom. The van der Waals surface area contributed by atoms with Crippen molar-refractivity contribution in [3.63, 3.8) is 0 Å². The van der Waals surface area contributed by atoms with Crippen LogP contribution in [0.5, 0.6) is 0 Å². The van der Waals surface area contributed by atoms with Crippen molar-refractivity contribution in [1.82, 2.24) is 9.39 Å². The number of rotatable bonds is 10. The number of nitrogens with one attached hydrogen (secondary N) is 1. The topological polar surface area (TPSA) is 95.5 Å². The second kappa shape index (κ2) is 12.5. The summed E-state index contributed by atoms with van der Waals surface area (Å²) in [5.74, 6) is -0.177. The summed E-state index contributed by atoms with van der Waals surface area (Å²) in [4.78, 5) is 16.2. The SMILES string of the molecule is CCOP(=S)(OCC)N(C(C)C)[S+]([O-])CNC(=O)O/N=C(\C)SC. The summed E-state index contributed by atoms with van der Waals surface area (Å²) in [6, 6.07) is -0.190. The molecule has 0 bridgehead atoms. The molecule has 0 saturated carbocycles. The van der Waals surface area contributed by atoms with Crippen molar-refractivity contribution in [3.8, 4) is 0 Å². The molecule has 1 N–H and O–H groups in total. The van der Waals surface area contributed by atoms with Crippen molar-refractivity contribution in [1.29, 1.82) is 0 Å². The Morgan fingerprint density at radius 1 is 1.42 bits per heavy atom. The molecular formula is C12H26N3O5PS3. The van der Waals surface area contributed by atoms with E-state index in [9.17, 15) is 9.35 Å².